The Morgan fingerprint density at radius 3 is 2.52 bits per heavy atom. The smallest absolute Gasteiger partial charge is 0.250 e. The van der Waals surface area contributed by atoms with Crippen LogP contribution in [0.3, 0.4) is 0 Å². The van der Waals surface area contributed by atoms with Gasteiger partial charge in [0.05, 0.1) is 29.0 Å². The van der Waals surface area contributed by atoms with E-state index in [2.05, 4.69) is 29.1 Å². The maximum atomic E-state index is 12.3. The average molecular weight is 490 g/mol. The summed E-state index contributed by atoms with van der Waals surface area (Å²) in [4.78, 5) is 11.4. The number of ether oxygens (including phenoxy) is 1. The van der Waals surface area contributed by atoms with E-state index in [-0.39, 0.29) is 30.6 Å². The Balaban J connectivity index is 1.68. The molecule has 0 saturated heterocycles. The molecule has 3 N–H and O–H groups in total. The molecular formula is C23H25F2N5OS2. The first-order valence-electron chi connectivity index (χ1n) is 10.3. The fourth-order valence-corrected chi connectivity index (χ4v) is 4.58. The summed E-state index contributed by atoms with van der Waals surface area (Å²) in [5, 5.41) is 19.7. The summed E-state index contributed by atoms with van der Waals surface area (Å²) in [7, 11) is 0. The minimum atomic E-state index is -2.41. The summed E-state index contributed by atoms with van der Waals surface area (Å²) in [6, 6.07) is 11.4. The molecule has 0 aliphatic rings. The Labute approximate surface area is 199 Å². The van der Waals surface area contributed by atoms with Gasteiger partial charge in [-0.15, -0.1) is 23.1 Å². The standard InChI is InChI=1S/C23H25F2N5OS2/c1-13(2)32-16-6-4-15(5-7-16)18-11-29-14(3)21(30-18)23(27)31-22(26)19-9-8-17(33-19)10-28-12-20(24)25/h4-9,11,13,20,26-28H,10,12H2,1-3H3. The summed E-state index contributed by atoms with van der Waals surface area (Å²) in [6.45, 7) is 5.90. The van der Waals surface area contributed by atoms with Crippen LogP contribution in [-0.2, 0) is 11.3 Å². The Bertz CT molecular complexity index is 1120. The molecule has 3 rings (SSSR count). The lowest BCUT2D eigenvalue weighted by Gasteiger charge is -2.10. The molecule has 0 amide bonds. The molecule has 33 heavy (non-hydrogen) atoms. The number of thioether (sulfide) groups is 1. The quantitative estimate of drug-likeness (QED) is 0.203. The molecule has 0 fully saturated rings. The number of hydrogen-bond acceptors (Lipinski definition) is 8. The van der Waals surface area contributed by atoms with Gasteiger partial charge in [0.1, 0.15) is 5.69 Å². The van der Waals surface area contributed by atoms with E-state index < -0.39 is 6.43 Å². The van der Waals surface area contributed by atoms with Crippen LogP contribution in [0, 0.1) is 17.7 Å². The first-order chi connectivity index (χ1) is 15.7. The number of halogens is 2. The van der Waals surface area contributed by atoms with Crippen LogP contribution in [0.4, 0.5) is 8.78 Å². The van der Waals surface area contributed by atoms with E-state index in [0.717, 1.165) is 10.4 Å². The van der Waals surface area contributed by atoms with Crippen molar-refractivity contribution in [1.82, 2.24) is 15.3 Å². The van der Waals surface area contributed by atoms with Crippen molar-refractivity contribution in [1.29, 1.82) is 10.8 Å². The molecule has 0 unspecified atom stereocenters. The molecule has 174 valence electrons. The van der Waals surface area contributed by atoms with Crippen LogP contribution in [0.2, 0.25) is 0 Å². The Morgan fingerprint density at radius 1 is 1.12 bits per heavy atom. The Kier molecular flexibility index (Phi) is 8.65. The fourth-order valence-electron chi connectivity index (χ4n) is 2.88. The second kappa shape index (κ2) is 11.4. The van der Waals surface area contributed by atoms with Crippen LogP contribution in [0.25, 0.3) is 11.3 Å². The van der Waals surface area contributed by atoms with E-state index in [1.807, 2.05) is 24.3 Å². The van der Waals surface area contributed by atoms with E-state index in [0.29, 0.717) is 21.5 Å². The number of rotatable bonds is 9. The molecule has 0 aliphatic carbocycles. The van der Waals surface area contributed by atoms with Crippen LogP contribution in [0.5, 0.6) is 0 Å². The monoisotopic (exact) mass is 489 g/mol. The number of aryl methyl sites for hydroxylation is 1. The van der Waals surface area contributed by atoms with Crippen LogP contribution < -0.4 is 5.32 Å². The number of thiophene rings is 1. The third-order valence-electron chi connectivity index (χ3n) is 4.38. The predicted octanol–water partition coefficient (Wildman–Crippen LogP) is 5.74. The third-order valence-corrected chi connectivity index (χ3v) is 6.48. The lowest BCUT2D eigenvalue weighted by Crippen LogP contribution is -2.20. The first kappa shape index (κ1) is 24.9. The summed E-state index contributed by atoms with van der Waals surface area (Å²) in [5.41, 5.74) is 2.26. The zero-order valence-corrected chi connectivity index (χ0v) is 20.1. The zero-order chi connectivity index (χ0) is 24.0. The van der Waals surface area contributed by atoms with E-state index in [1.165, 1.54) is 16.2 Å². The van der Waals surface area contributed by atoms with Crippen molar-refractivity contribution in [2.24, 2.45) is 0 Å². The normalized spacial score (nSPS) is 11.2. The predicted molar refractivity (Wildman–Crippen MR) is 130 cm³/mol. The maximum absolute atomic E-state index is 12.3. The van der Waals surface area contributed by atoms with Gasteiger partial charge in [-0.2, -0.15) is 0 Å². The van der Waals surface area contributed by atoms with Crippen molar-refractivity contribution in [2.45, 2.75) is 43.9 Å². The van der Waals surface area contributed by atoms with Crippen LogP contribution in [-0.4, -0.2) is 40.0 Å². The van der Waals surface area contributed by atoms with Crippen molar-refractivity contribution in [3.8, 4) is 11.3 Å². The summed E-state index contributed by atoms with van der Waals surface area (Å²) >= 11 is 3.02. The second-order valence-corrected chi connectivity index (χ2v) is 10.2. The highest BCUT2D eigenvalue weighted by Gasteiger charge is 2.16. The van der Waals surface area contributed by atoms with Gasteiger partial charge in [0.15, 0.2) is 0 Å². The molecule has 6 nitrogen and oxygen atoms in total. The Morgan fingerprint density at radius 2 is 1.85 bits per heavy atom. The molecule has 0 saturated carbocycles. The molecule has 1 aromatic carbocycles. The number of nitrogens with zero attached hydrogens (tertiary/aromatic N) is 2. The molecule has 0 spiro atoms. The Hall–Kier alpha value is -2.69. The van der Waals surface area contributed by atoms with Gasteiger partial charge in [-0.25, -0.2) is 13.8 Å². The van der Waals surface area contributed by atoms with Crippen LogP contribution >= 0.6 is 23.1 Å². The van der Waals surface area contributed by atoms with Gasteiger partial charge in [0.2, 0.25) is 11.8 Å². The van der Waals surface area contributed by atoms with Crippen molar-refractivity contribution in [3.05, 3.63) is 63.7 Å². The van der Waals surface area contributed by atoms with Gasteiger partial charge in [-0.05, 0) is 31.2 Å². The minimum absolute atomic E-state index is 0.202. The molecule has 0 bridgehead atoms. The third kappa shape index (κ3) is 7.15. The summed E-state index contributed by atoms with van der Waals surface area (Å²) < 4.78 is 30.0. The molecule has 0 radical (unpaired) electrons. The molecule has 0 aliphatic heterocycles. The van der Waals surface area contributed by atoms with Crippen molar-refractivity contribution < 1.29 is 13.5 Å². The van der Waals surface area contributed by atoms with Gasteiger partial charge >= 0.3 is 0 Å². The number of nitrogens with one attached hydrogen (secondary N) is 3. The highest BCUT2D eigenvalue weighted by molar-refractivity contribution is 7.99. The highest BCUT2D eigenvalue weighted by atomic mass is 32.2. The molecule has 3 aromatic rings. The van der Waals surface area contributed by atoms with Gasteiger partial charge < -0.3 is 10.1 Å². The molecule has 2 heterocycles. The van der Waals surface area contributed by atoms with Gasteiger partial charge in [-0.1, -0.05) is 26.0 Å². The summed E-state index contributed by atoms with van der Waals surface area (Å²) in [6.07, 6.45) is -0.761. The molecular weight excluding hydrogens is 464 g/mol. The fraction of sp³-hybridized carbons (Fsp3) is 0.304. The topological polar surface area (TPSA) is 94.7 Å². The van der Waals surface area contributed by atoms with E-state index in [4.69, 9.17) is 15.6 Å². The number of benzene rings is 1. The zero-order valence-electron chi connectivity index (χ0n) is 18.5. The van der Waals surface area contributed by atoms with Crippen molar-refractivity contribution in [2.75, 3.05) is 6.54 Å². The number of hydrogen-bond donors (Lipinski definition) is 3. The number of alkyl halides is 2. The van der Waals surface area contributed by atoms with Crippen molar-refractivity contribution >= 4 is 34.9 Å². The van der Waals surface area contributed by atoms with Gasteiger partial charge in [-0.3, -0.25) is 15.8 Å². The van der Waals surface area contributed by atoms with Crippen LogP contribution in [0.15, 0.2) is 47.5 Å². The highest BCUT2D eigenvalue weighted by Crippen LogP contribution is 2.26. The molecule has 0 atom stereocenters. The largest absolute Gasteiger partial charge is 0.418 e. The second-order valence-electron chi connectivity index (χ2n) is 7.43. The van der Waals surface area contributed by atoms with E-state index in [9.17, 15) is 8.78 Å². The number of aromatic nitrogens is 2. The van der Waals surface area contributed by atoms with E-state index in [1.54, 1.807) is 37.0 Å². The SMILES string of the molecule is Cc1ncc(-c2ccc(SC(C)C)cc2)nc1C(=N)OC(=N)c1ccc(CNCC(F)F)s1. The summed E-state index contributed by atoms with van der Waals surface area (Å²) in [5.74, 6) is -0.476. The lowest BCUT2D eigenvalue weighted by atomic mass is 10.1. The molecule has 2 aromatic heterocycles. The van der Waals surface area contributed by atoms with Crippen LogP contribution in [0.1, 0.15) is 35.0 Å². The minimum Gasteiger partial charge on any atom is -0.418 e. The van der Waals surface area contributed by atoms with E-state index >= 15 is 0 Å². The lowest BCUT2D eigenvalue weighted by molar-refractivity contribution is 0.145. The maximum Gasteiger partial charge on any atom is 0.250 e. The van der Waals surface area contributed by atoms with Crippen molar-refractivity contribution in [3.63, 3.8) is 0 Å². The first-order valence-corrected chi connectivity index (χ1v) is 12.0. The van der Waals surface area contributed by atoms with Gasteiger partial charge in [0, 0.05) is 27.1 Å². The average Bonchev–Trinajstić information content (AvgIpc) is 3.23. The van der Waals surface area contributed by atoms with Gasteiger partial charge in [0.25, 0.3) is 6.43 Å². The molecule has 10 heteroatoms.